The summed E-state index contributed by atoms with van der Waals surface area (Å²) in [5, 5.41) is 29.2. The Morgan fingerprint density at radius 1 is 1.27 bits per heavy atom. The lowest BCUT2D eigenvalue weighted by atomic mass is 10.1. The summed E-state index contributed by atoms with van der Waals surface area (Å²) in [6.45, 7) is 2.38. The normalized spacial score (nSPS) is 28.4. The van der Waals surface area contributed by atoms with Gasteiger partial charge in [0.15, 0.2) is 23.2 Å². The van der Waals surface area contributed by atoms with E-state index >= 15 is 0 Å². The molecule has 0 aromatic carbocycles. The Morgan fingerprint density at radius 3 is 2.68 bits per heavy atom. The van der Waals surface area contributed by atoms with E-state index in [1.54, 1.807) is 4.57 Å². The molecule has 22 heavy (non-hydrogen) atoms. The summed E-state index contributed by atoms with van der Waals surface area (Å²) in [6.07, 6.45) is -1.11. The van der Waals surface area contributed by atoms with Crippen LogP contribution in [0.3, 0.4) is 0 Å². The summed E-state index contributed by atoms with van der Waals surface area (Å²) in [6, 6.07) is 0. The molecule has 9 heteroatoms. The van der Waals surface area contributed by atoms with Crippen LogP contribution in [0.4, 0.5) is 5.82 Å². The average Bonchev–Trinajstić information content (AvgIpc) is 3.08. The number of imidazole rings is 1. The molecule has 4 atom stereocenters. The maximum atomic E-state index is 10.1. The molecule has 0 amide bonds. The van der Waals surface area contributed by atoms with E-state index in [1.807, 2.05) is 18.9 Å². The number of anilines is 1. The van der Waals surface area contributed by atoms with Crippen molar-refractivity contribution in [2.24, 2.45) is 0 Å². The molecule has 3 N–H and O–H groups in total. The maximum absolute atomic E-state index is 10.1. The Labute approximate surface area is 126 Å². The van der Waals surface area contributed by atoms with Gasteiger partial charge in [0.1, 0.15) is 24.6 Å². The number of nitrogens with zero attached hydrogens (tertiary/aromatic N) is 5. The van der Waals surface area contributed by atoms with Gasteiger partial charge in [0.25, 0.3) is 0 Å². The Kier molecular flexibility index (Phi) is 3.96. The van der Waals surface area contributed by atoms with Gasteiger partial charge in [-0.25, -0.2) is 15.0 Å². The van der Waals surface area contributed by atoms with E-state index in [9.17, 15) is 15.3 Å². The molecule has 0 radical (unpaired) electrons. The van der Waals surface area contributed by atoms with Gasteiger partial charge in [0.2, 0.25) is 0 Å². The van der Waals surface area contributed by atoms with Gasteiger partial charge in [-0.3, -0.25) is 4.57 Å². The minimum Gasteiger partial charge on any atom is -0.394 e. The van der Waals surface area contributed by atoms with Gasteiger partial charge in [-0.15, -0.1) is 0 Å². The van der Waals surface area contributed by atoms with Crippen LogP contribution in [-0.4, -0.2) is 73.3 Å². The molecule has 2 aromatic rings. The fourth-order valence-corrected chi connectivity index (χ4v) is 2.56. The summed E-state index contributed by atoms with van der Waals surface area (Å²) in [4.78, 5) is 14.7. The van der Waals surface area contributed by atoms with Crippen molar-refractivity contribution < 1.29 is 20.1 Å². The summed E-state index contributed by atoms with van der Waals surface area (Å²) >= 11 is 0. The number of aliphatic hydroxyl groups is 3. The van der Waals surface area contributed by atoms with Crippen molar-refractivity contribution in [1.29, 1.82) is 0 Å². The lowest BCUT2D eigenvalue weighted by molar-refractivity contribution is -0.0511. The highest BCUT2D eigenvalue weighted by Gasteiger charge is 2.44. The highest BCUT2D eigenvalue weighted by atomic mass is 16.6. The lowest BCUT2D eigenvalue weighted by Gasteiger charge is -2.18. The van der Waals surface area contributed by atoms with Gasteiger partial charge >= 0.3 is 0 Å². The van der Waals surface area contributed by atoms with Crippen LogP contribution in [0, 0.1) is 0 Å². The van der Waals surface area contributed by atoms with Crippen LogP contribution in [0.1, 0.15) is 13.2 Å². The van der Waals surface area contributed by atoms with Crippen LogP contribution in [0.5, 0.6) is 0 Å². The van der Waals surface area contributed by atoms with Crippen LogP contribution in [0.25, 0.3) is 11.2 Å². The molecule has 3 rings (SSSR count). The number of aliphatic hydroxyl groups excluding tert-OH is 3. The third-order valence-corrected chi connectivity index (χ3v) is 3.97. The molecule has 0 aliphatic carbocycles. The number of aromatic nitrogens is 4. The van der Waals surface area contributed by atoms with E-state index in [0.29, 0.717) is 17.0 Å². The molecule has 1 aliphatic heterocycles. The van der Waals surface area contributed by atoms with Gasteiger partial charge in [0, 0.05) is 13.6 Å². The molecule has 2 aromatic heterocycles. The zero-order chi connectivity index (χ0) is 15.9. The quantitative estimate of drug-likeness (QED) is 0.651. The first kappa shape index (κ1) is 15.1. The fraction of sp³-hybridized carbons (Fsp3) is 0.615. The minimum absolute atomic E-state index is 0.375. The molecule has 9 nitrogen and oxygen atoms in total. The molecular formula is C13H19N5O4. The second-order valence-electron chi connectivity index (χ2n) is 5.26. The predicted molar refractivity (Wildman–Crippen MR) is 77.3 cm³/mol. The van der Waals surface area contributed by atoms with E-state index in [4.69, 9.17) is 4.74 Å². The standard InChI is InChI=1S/C13H19N5O4/c1-3-17(2)11-8-12(15-5-14-11)18(6-16-8)13-10(21)9(20)7(4-19)22-13/h5-7,9-10,13,19-21H,3-4H2,1-2H3/t7-,9-,10+,13-/m1/s1. The van der Waals surface area contributed by atoms with Crippen molar-refractivity contribution in [2.45, 2.75) is 31.5 Å². The van der Waals surface area contributed by atoms with Crippen molar-refractivity contribution >= 4 is 17.0 Å². The molecule has 0 bridgehead atoms. The Balaban J connectivity index is 2.03. The predicted octanol–water partition coefficient (Wildman–Crippen LogP) is -1.11. The van der Waals surface area contributed by atoms with Crippen molar-refractivity contribution in [3.8, 4) is 0 Å². The maximum Gasteiger partial charge on any atom is 0.167 e. The van der Waals surface area contributed by atoms with Gasteiger partial charge < -0.3 is 25.0 Å². The molecule has 1 aliphatic rings. The zero-order valence-electron chi connectivity index (χ0n) is 12.4. The van der Waals surface area contributed by atoms with Crippen LogP contribution in [0.2, 0.25) is 0 Å². The SMILES string of the molecule is CCN(C)c1ncnc2c1ncn2[C@@H]1O[C@H](CO)[C@@H](O)[C@@H]1O. The van der Waals surface area contributed by atoms with Gasteiger partial charge in [-0.1, -0.05) is 0 Å². The van der Waals surface area contributed by atoms with Crippen LogP contribution in [-0.2, 0) is 4.74 Å². The van der Waals surface area contributed by atoms with Crippen LogP contribution < -0.4 is 4.90 Å². The first-order chi connectivity index (χ1) is 10.6. The van der Waals surface area contributed by atoms with Gasteiger partial charge in [-0.05, 0) is 6.92 Å². The van der Waals surface area contributed by atoms with E-state index in [0.717, 1.165) is 6.54 Å². The molecular weight excluding hydrogens is 290 g/mol. The second-order valence-corrected chi connectivity index (χ2v) is 5.26. The molecule has 3 heterocycles. The third-order valence-electron chi connectivity index (χ3n) is 3.97. The van der Waals surface area contributed by atoms with Crippen LogP contribution >= 0.6 is 0 Å². The van der Waals surface area contributed by atoms with E-state index in [2.05, 4.69) is 15.0 Å². The number of hydrogen-bond acceptors (Lipinski definition) is 8. The number of fused-ring (bicyclic) bond motifs is 1. The Morgan fingerprint density at radius 2 is 2.05 bits per heavy atom. The van der Waals surface area contributed by atoms with Crippen molar-refractivity contribution in [2.75, 3.05) is 25.1 Å². The summed E-state index contributed by atoms with van der Waals surface area (Å²) in [7, 11) is 1.90. The smallest absolute Gasteiger partial charge is 0.167 e. The van der Waals surface area contributed by atoms with E-state index in [-0.39, 0.29) is 6.61 Å². The van der Waals surface area contributed by atoms with Crippen LogP contribution in [0.15, 0.2) is 12.7 Å². The number of rotatable bonds is 4. The largest absolute Gasteiger partial charge is 0.394 e. The Bertz CT molecular complexity index is 663. The Hall–Kier alpha value is -1.81. The molecule has 1 saturated heterocycles. The summed E-state index contributed by atoms with van der Waals surface area (Å²) in [5.74, 6) is 0.679. The van der Waals surface area contributed by atoms with Gasteiger partial charge in [-0.2, -0.15) is 0 Å². The van der Waals surface area contributed by atoms with Crippen molar-refractivity contribution in [3.63, 3.8) is 0 Å². The average molecular weight is 309 g/mol. The highest BCUT2D eigenvalue weighted by Crippen LogP contribution is 2.32. The molecule has 0 unspecified atom stereocenters. The first-order valence-corrected chi connectivity index (χ1v) is 7.09. The minimum atomic E-state index is -1.17. The molecule has 0 spiro atoms. The highest BCUT2D eigenvalue weighted by molar-refractivity contribution is 5.83. The first-order valence-electron chi connectivity index (χ1n) is 7.09. The third kappa shape index (κ3) is 2.22. The van der Waals surface area contributed by atoms with E-state index in [1.165, 1.54) is 12.7 Å². The monoisotopic (exact) mass is 309 g/mol. The number of hydrogen-bond donors (Lipinski definition) is 3. The van der Waals surface area contributed by atoms with Crippen molar-refractivity contribution in [3.05, 3.63) is 12.7 Å². The second kappa shape index (κ2) is 5.76. The molecule has 120 valence electrons. The topological polar surface area (TPSA) is 117 Å². The summed E-state index contributed by atoms with van der Waals surface area (Å²) < 4.78 is 7.06. The fourth-order valence-electron chi connectivity index (χ4n) is 2.56. The zero-order valence-corrected chi connectivity index (χ0v) is 12.4. The van der Waals surface area contributed by atoms with Gasteiger partial charge in [0.05, 0.1) is 12.9 Å². The summed E-state index contributed by atoms with van der Waals surface area (Å²) in [5.41, 5.74) is 1.09. The molecule has 0 saturated carbocycles. The molecule has 1 fully saturated rings. The van der Waals surface area contributed by atoms with Crippen molar-refractivity contribution in [1.82, 2.24) is 19.5 Å². The number of ether oxygens (including phenoxy) is 1. The van der Waals surface area contributed by atoms with E-state index < -0.39 is 24.5 Å². The lowest BCUT2D eigenvalue weighted by Crippen LogP contribution is -2.33.